The first-order valence-electron chi connectivity index (χ1n) is 5.70. The molecule has 1 aromatic carbocycles. The Balaban J connectivity index is 2.28. The molecule has 0 aliphatic heterocycles. The maximum atomic E-state index is 5.56. The van der Waals surface area contributed by atoms with Crippen LogP contribution in [0.2, 0.25) is 0 Å². The molecule has 0 spiro atoms. The number of hydrogen-bond acceptors (Lipinski definition) is 4. The predicted molar refractivity (Wildman–Crippen MR) is 70.4 cm³/mol. The van der Waals surface area contributed by atoms with Crippen LogP contribution in [0.1, 0.15) is 11.3 Å². The quantitative estimate of drug-likeness (QED) is 0.658. The van der Waals surface area contributed by atoms with Gasteiger partial charge in [-0.1, -0.05) is 12.1 Å². The summed E-state index contributed by atoms with van der Waals surface area (Å²) in [4.78, 5) is 10.5. The summed E-state index contributed by atoms with van der Waals surface area (Å²) in [5.74, 6) is 5.56. The number of para-hydroxylation sites is 1. The molecule has 0 saturated heterocycles. The summed E-state index contributed by atoms with van der Waals surface area (Å²) in [5, 5.41) is 4.16. The minimum absolute atomic E-state index is 0.742. The Morgan fingerprint density at radius 2 is 1.94 bits per heavy atom. The molecule has 2 heterocycles. The molecule has 0 atom stereocenters. The van der Waals surface area contributed by atoms with E-state index in [2.05, 4.69) is 15.1 Å². The second-order valence-electron chi connectivity index (χ2n) is 4.28. The Morgan fingerprint density at radius 1 is 1.11 bits per heavy atom. The van der Waals surface area contributed by atoms with E-state index in [1.54, 1.807) is 6.20 Å². The third kappa shape index (κ3) is 1.60. The van der Waals surface area contributed by atoms with Crippen LogP contribution in [-0.4, -0.2) is 19.9 Å². The van der Waals surface area contributed by atoms with Crippen LogP contribution in [0.15, 0.2) is 30.5 Å². The zero-order chi connectivity index (χ0) is 12.7. The van der Waals surface area contributed by atoms with Gasteiger partial charge in [-0.15, -0.1) is 0 Å². The lowest BCUT2D eigenvalue weighted by atomic mass is 10.1. The van der Waals surface area contributed by atoms with Crippen LogP contribution in [0.3, 0.4) is 0 Å². The molecule has 0 saturated carbocycles. The van der Waals surface area contributed by atoms with Crippen molar-refractivity contribution < 1.29 is 0 Å². The van der Waals surface area contributed by atoms with Gasteiger partial charge >= 0.3 is 0 Å². The summed E-state index contributed by atoms with van der Waals surface area (Å²) >= 11 is 0. The molecule has 0 unspecified atom stereocenters. The Labute approximate surface area is 104 Å². The monoisotopic (exact) mass is 239 g/mol. The van der Waals surface area contributed by atoms with Gasteiger partial charge in [0.1, 0.15) is 11.4 Å². The minimum Gasteiger partial charge on any atom is -0.323 e. The highest BCUT2D eigenvalue weighted by atomic mass is 15.5. The van der Waals surface area contributed by atoms with Crippen LogP contribution in [-0.2, 0) is 0 Å². The van der Waals surface area contributed by atoms with Crippen molar-refractivity contribution in [3.05, 3.63) is 41.7 Å². The number of hydrogen-bond donors (Lipinski definition) is 1. The second kappa shape index (κ2) is 3.80. The van der Waals surface area contributed by atoms with Crippen molar-refractivity contribution in [2.45, 2.75) is 13.8 Å². The van der Waals surface area contributed by atoms with Crippen molar-refractivity contribution in [3.63, 3.8) is 0 Å². The average Bonchev–Trinajstić information content (AvgIpc) is 2.76. The van der Waals surface area contributed by atoms with Crippen LogP contribution in [0, 0.1) is 13.8 Å². The maximum Gasteiger partial charge on any atom is 0.115 e. The van der Waals surface area contributed by atoms with Crippen molar-refractivity contribution in [1.82, 2.24) is 19.9 Å². The van der Waals surface area contributed by atoms with Gasteiger partial charge in [-0.3, -0.25) is 0 Å². The van der Waals surface area contributed by atoms with Gasteiger partial charge in [0, 0.05) is 6.20 Å². The summed E-state index contributed by atoms with van der Waals surface area (Å²) in [5.41, 5.74) is 5.31. The Hall–Kier alpha value is -2.43. The molecule has 5 heteroatoms. The first-order valence-corrected chi connectivity index (χ1v) is 5.70. The van der Waals surface area contributed by atoms with Crippen LogP contribution in [0.25, 0.3) is 22.4 Å². The predicted octanol–water partition coefficient (Wildman–Crippen LogP) is 1.82. The van der Waals surface area contributed by atoms with E-state index >= 15 is 0 Å². The molecule has 0 bridgehead atoms. The van der Waals surface area contributed by atoms with Gasteiger partial charge in [-0.2, -0.15) is 9.89 Å². The SMILES string of the molecule is Cc1nc2c(C)cccc2nc1-c1ccn(N)n1. The number of fused-ring (bicyclic) bond motifs is 1. The molecule has 3 rings (SSSR count). The smallest absolute Gasteiger partial charge is 0.115 e. The van der Waals surface area contributed by atoms with E-state index in [-0.39, 0.29) is 0 Å². The van der Waals surface area contributed by atoms with Gasteiger partial charge in [-0.05, 0) is 31.5 Å². The third-order valence-electron chi connectivity index (χ3n) is 2.92. The lowest BCUT2D eigenvalue weighted by molar-refractivity contribution is 0.833. The summed E-state index contributed by atoms with van der Waals surface area (Å²) in [6.07, 6.45) is 1.69. The fraction of sp³-hybridized carbons (Fsp3) is 0.154. The largest absolute Gasteiger partial charge is 0.323 e. The van der Waals surface area contributed by atoms with Crippen LogP contribution >= 0.6 is 0 Å². The van der Waals surface area contributed by atoms with Crippen LogP contribution in [0.4, 0.5) is 0 Å². The highest BCUT2D eigenvalue weighted by molar-refractivity contribution is 5.80. The molecular formula is C13H13N5. The number of rotatable bonds is 1. The van der Waals surface area contributed by atoms with E-state index in [1.807, 2.05) is 38.1 Å². The number of nitrogens with zero attached hydrogens (tertiary/aromatic N) is 4. The molecule has 0 aliphatic carbocycles. The first-order chi connectivity index (χ1) is 8.65. The highest BCUT2D eigenvalue weighted by Gasteiger charge is 2.10. The fourth-order valence-electron chi connectivity index (χ4n) is 2.01. The molecule has 0 aliphatic rings. The molecule has 90 valence electrons. The second-order valence-corrected chi connectivity index (χ2v) is 4.28. The number of benzene rings is 1. The standard InChI is InChI=1S/C13H13N5/c1-8-4-3-5-10-12(8)15-9(2)13(16-10)11-6-7-18(14)17-11/h3-7H,14H2,1-2H3. The number of nitrogens with two attached hydrogens (primary N) is 1. The molecule has 2 aromatic heterocycles. The van der Waals surface area contributed by atoms with Gasteiger partial charge in [0.05, 0.1) is 16.7 Å². The summed E-state index contributed by atoms with van der Waals surface area (Å²) in [6.45, 7) is 3.97. The molecule has 18 heavy (non-hydrogen) atoms. The molecule has 5 nitrogen and oxygen atoms in total. The third-order valence-corrected chi connectivity index (χ3v) is 2.92. The number of nitrogen functional groups attached to an aromatic ring is 1. The average molecular weight is 239 g/mol. The molecular weight excluding hydrogens is 226 g/mol. The minimum atomic E-state index is 0.742. The molecule has 2 N–H and O–H groups in total. The molecule has 0 amide bonds. The number of aromatic nitrogens is 4. The zero-order valence-electron chi connectivity index (χ0n) is 10.3. The maximum absolute atomic E-state index is 5.56. The summed E-state index contributed by atoms with van der Waals surface area (Å²) in [6, 6.07) is 7.80. The lowest BCUT2D eigenvalue weighted by Gasteiger charge is -2.05. The molecule has 3 aromatic rings. The first kappa shape index (κ1) is 10.7. The van der Waals surface area contributed by atoms with E-state index < -0.39 is 0 Å². The fourth-order valence-corrected chi connectivity index (χ4v) is 2.01. The van der Waals surface area contributed by atoms with E-state index in [0.717, 1.165) is 33.7 Å². The van der Waals surface area contributed by atoms with Crippen molar-refractivity contribution in [2.24, 2.45) is 0 Å². The Bertz CT molecular complexity index is 729. The van der Waals surface area contributed by atoms with Gasteiger partial charge in [0.2, 0.25) is 0 Å². The van der Waals surface area contributed by atoms with Crippen LogP contribution in [0.5, 0.6) is 0 Å². The Morgan fingerprint density at radius 3 is 2.67 bits per heavy atom. The van der Waals surface area contributed by atoms with Crippen molar-refractivity contribution >= 4 is 11.0 Å². The molecule has 0 radical (unpaired) electrons. The van der Waals surface area contributed by atoms with Gasteiger partial charge in [-0.25, -0.2) is 9.97 Å². The van der Waals surface area contributed by atoms with E-state index in [9.17, 15) is 0 Å². The number of aryl methyl sites for hydroxylation is 2. The van der Waals surface area contributed by atoms with E-state index in [4.69, 9.17) is 5.84 Å². The van der Waals surface area contributed by atoms with Crippen molar-refractivity contribution in [3.8, 4) is 11.4 Å². The Kier molecular flexibility index (Phi) is 2.26. The van der Waals surface area contributed by atoms with E-state index in [0.29, 0.717) is 0 Å². The topological polar surface area (TPSA) is 69.6 Å². The van der Waals surface area contributed by atoms with Crippen molar-refractivity contribution in [2.75, 3.05) is 5.84 Å². The van der Waals surface area contributed by atoms with Gasteiger partial charge in [0.15, 0.2) is 0 Å². The summed E-state index contributed by atoms with van der Waals surface area (Å²) < 4.78 is 0. The van der Waals surface area contributed by atoms with Gasteiger partial charge < -0.3 is 5.84 Å². The molecule has 0 fully saturated rings. The zero-order valence-corrected chi connectivity index (χ0v) is 10.3. The highest BCUT2D eigenvalue weighted by Crippen LogP contribution is 2.22. The van der Waals surface area contributed by atoms with E-state index in [1.165, 1.54) is 4.79 Å². The lowest BCUT2D eigenvalue weighted by Crippen LogP contribution is -2.08. The van der Waals surface area contributed by atoms with Crippen LogP contribution < -0.4 is 5.84 Å². The normalized spacial score (nSPS) is 11.0. The summed E-state index contributed by atoms with van der Waals surface area (Å²) in [7, 11) is 0. The van der Waals surface area contributed by atoms with Crippen molar-refractivity contribution in [1.29, 1.82) is 0 Å². The van der Waals surface area contributed by atoms with Gasteiger partial charge in [0.25, 0.3) is 0 Å².